The van der Waals surface area contributed by atoms with Crippen LogP contribution >= 0.6 is 11.3 Å². The summed E-state index contributed by atoms with van der Waals surface area (Å²) in [6.07, 6.45) is 0. The van der Waals surface area contributed by atoms with Crippen LogP contribution in [0.4, 0.5) is 0 Å². The van der Waals surface area contributed by atoms with Crippen LogP contribution in [0.25, 0.3) is 0 Å². The van der Waals surface area contributed by atoms with E-state index < -0.39 is 0 Å². The highest BCUT2D eigenvalue weighted by Gasteiger charge is 2.18. The summed E-state index contributed by atoms with van der Waals surface area (Å²) in [6, 6.07) is 19.1. The third-order valence-corrected chi connectivity index (χ3v) is 4.82. The fourth-order valence-electron chi connectivity index (χ4n) is 2.77. The fourth-order valence-corrected chi connectivity index (χ4v) is 3.46. The highest BCUT2D eigenvalue weighted by atomic mass is 32.1. The number of carbonyl (C=O) groups is 1. The number of amides is 1. The maximum absolute atomic E-state index is 12.9. The molecule has 0 aliphatic heterocycles. The Kier molecular flexibility index (Phi) is 6.60. The molecular weight excluding hydrogens is 356 g/mol. The van der Waals surface area contributed by atoms with E-state index in [4.69, 9.17) is 4.74 Å². The molecule has 2 aromatic carbocycles. The lowest BCUT2D eigenvalue weighted by molar-refractivity contribution is 0.0720. The highest BCUT2D eigenvalue weighted by Crippen LogP contribution is 2.17. The van der Waals surface area contributed by atoms with E-state index in [1.165, 1.54) is 0 Å². The van der Waals surface area contributed by atoms with Crippen LogP contribution in [-0.2, 0) is 13.2 Å². The Hall–Kier alpha value is -2.66. The summed E-state index contributed by atoms with van der Waals surface area (Å²) >= 11 is 1.56. The lowest BCUT2D eigenvalue weighted by Gasteiger charge is -2.24. The lowest BCUT2D eigenvalue weighted by Crippen LogP contribution is -2.33. The monoisotopic (exact) mass is 380 g/mol. The Morgan fingerprint density at radius 2 is 1.74 bits per heavy atom. The largest absolute Gasteiger partial charge is 0.486 e. The number of hydrogen-bond acceptors (Lipinski definition) is 4. The number of para-hydroxylation sites is 1. The minimum absolute atomic E-state index is 0.0411. The molecule has 0 saturated carbocycles. The number of hydrogen-bond donors (Lipinski definition) is 0. The van der Waals surface area contributed by atoms with Crippen LogP contribution in [0, 0.1) is 5.92 Å². The second-order valence-corrected chi connectivity index (χ2v) is 7.72. The smallest absolute Gasteiger partial charge is 0.254 e. The summed E-state index contributed by atoms with van der Waals surface area (Å²) in [7, 11) is 0. The normalized spacial score (nSPS) is 10.8. The first-order valence-electron chi connectivity index (χ1n) is 9.07. The van der Waals surface area contributed by atoms with E-state index >= 15 is 0 Å². The lowest BCUT2D eigenvalue weighted by atomic mass is 10.1. The molecule has 0 saturated heterocycles. The van der Waals surface area contributed by atoms with E-state index in [9.17, 15) is 4.79 Å². The van der Waals surface area contributed by atoms with Crippen molar-refractivity contribution in [1.29, 1.82) is 0 Å². The van der Waals surface area contributed by atoms with Crippen molar-refractivity contribution in [2.45, 2.75) is 27.0 Å². The minimum atomic E-state index is 0.0411. The summed E-state index contributed by atoms with van der Waals surface area (Å²) in [5.74, 6) is 1.26. The molecule has 0 aliphatic rings. The number of ether oxygens (including phenoxy) is 1. The Balaban J connectivity index is 1.65. The topological polar surface area (TPSA) is 42.4 Å². The molecule has 3 aromatic rings. The summed E-state index contributed by atoms with van der Waals surface area (Å²) < 4.78 is 5.76. The maximum Gasteiger partial charge on any atom is 0.254 e. The van der Waals surface area contributed by atoms with Gasteiger partial charge < -0.3 is 9.64 Å². The zero-order valence-corrected chi connectivity index (χ0v) is 16.5. The van der Waals surface area contributed by atoms with Gasteiger partial charge in [-0.1, -0.05) is 50.2 Å². The molecule has 4 nitrogen and oxygen atoms in total. The zero-order chi connectivity index (χ0) is 19.1. The van der Waals surface area contributed by atoms with E-state index in [-0.39, 0.29) is 5.91 Å². The molecule has 140 valence electrons. The Morgan fingerprint density at radius 3 is 2.41 bits per heavy atom. The first kappa shape index (κ1) is 19.1. The number of nitrogens with zero attached hydrogens (tertiary/aromatic N) is 2. The molecule has 0 bridgehead atoms. The van der Waals surface area contributed by atoms with E-state index in [0.29, 0.717) is 31.2 Å². The third-order valence-electron chi connectivity index (χ3n) is 3.95. The third kappa shape index (κ3) is 5.66. The van der Waals surface area contributed by atoms with E-state index in [2.05, 4.69) is 18.8 Å². The quantitative estimate of drug-likeness (QED) is 0.551. The van der Waals surface area contributed by atoms with Gasteiger partial charge >= 0.3 is 0 Å². The number of benzene rings is 2. The van der Waals surface area contributed by atoms with Gasteiger partial charge in [0.25, 0.3) is 5.91 Å². The molecule has 0 fully saturated rings. The molecule has 0 aliphatic carbocycles. The average Bonchev–Trinajstić information content (AvgIpc) is 3.14. The van der Waals surface area contributed by atoms with Crippen molar-refractivity contribution in [3.05, 3.63) is 82.3 Å². The van der Waals surface area contributed by atoms with Crippen LogP contribution in [-0.4, -0.2) is 22.3 Å². The summed E-state index contributed by atoms with van der Waals surface area (Å²) in [4.78, 5) is 19.4. The van der Waals surface area contributed by atoms with Gasteiger partial charge in [0, 0.05) is 17.5 Å². The van der Waals surface area contributed by atoms with Crippen molar-refractivity contribution in [2.75, 3.05) is 6.54 Å². The van der Waals surface area contributed by atoms with Gasteiger partial charge in [0.05, 0.1) is 12.2 Å². The fraction of sp³-hybridized carbons (Fsp3) is 0.273. The Morgan fingerprint density at radius 1 is 1.07 bits per heavy atom. The van der Waals surface area contributed by atoms with Crippen molar-refractivity contribution < 1.29 is 9.53 Å². The molecular formula is C22H24N2O2S. The predicted molar refractivity (Wildman–Crippen MR) is 109 cm³/mol. The van der Waals surface area contributed by atoms with Gasteiger partial charge in [0.15, 0.2) is 0 Å². The van der Waals surface area contributed by atoms with Gasteiger partial charge in [-0.25, -0.2) is 4.98 Å². The molecule has 0 spiro atoms. The standard InChI is InChI=1S/C22H24N2O2S/c1-17(2)13-24(22(25)18-9-5-3-6-10-18)14-19-16-27-21(23-19)15-26-20-11-7-4-8-12-20/h3-12,16-17H,13-15H2,1-2H3. The molecule has 27 heavy (non-hydrogen) atoms. The van der Waals surface area contributed by atoms with Crippen molar-refractivity contribution in [1.82, 2.24) is 9.88 Å². The van der Waals surface area contributed by atoms with Gasteiger partial charge in [-0.2, -0.15) is 0 Å². The predicted octanol–water partition coefficient (Wildman–Crippen LogP) is 5.02. The first-order chi connectivity index (χ1) is 13.1. The van der Waals surface area contributed by atoms with Crippen LogP contribution in [0.2, 0.25) is 0 Å². The maximum atomic E-state index is 12.9. The van der Waals surface area contributed by atoms with Crippen molar-refractivity contribution in [2.24, 2.45) is 5.92 Å². The van der Waals surface area contributed by atoms with Gasteiger partial charge in [0.2, 0.25) is 0 Å². The van der Waals surface area contributed by atoms with Gasteiger partial charge in [0.1, 0.15) is 17.4 Å². The summed E-state index contributed by atoms with van der Waals surface area (Å²) in [5, 5.41) is 2.92. The number of aromatic nitrogens is 1. The average molecular weight is 381 g/mol. The second kappa shape index (κ2) is 9.33. The highest BCUT2D eigenvalue weighted by molar-refractivity contribution is 7.09. The molecule has 1 amide bonds. The van der Waals surface area contributed by atoms with Crippen molar-refractivity contribution in [3.8, 4) is 5.75 Å². The second-order valence-electron chi connectivity index (χ2n) is 6.78. The van der Waals surface area contributed by atoms with Gasteiger partial charge in [-0.05, 0) is 30.2 Å². The van der Waals surface area contributed by atoms with E-state index in [0.717, 1.165) is 16.5 Å². The van der Waals surface area contributed by atoms with E-state index in [1.807, 2.05) is 70.9 Å². The Labute approximate surface area is 164 Å². The summed E-state index contributed by atoms with van der Waals surface area (Å²) in [5.41, 5.74) is 1.61. The zero-order valence-electron chi connectivity index (χ0n) is 15.7. The molecule has 0 N–H and O–H groups in total. The minimum Gasteiger partial charge on any atom is -0.486 e. The summed E-state index contributed by atoms with van der Waals surface area (Å²) in [6.45, 7) is 5.87. The van der Waals surface area contributed by atoms with Gasteiger partial charge in [-0.3, -0.25) is 4.79 Å². The van der Waals surface area contributed by atoms with Crippen LogP contribution in [0.5, 0.6) is 5.75 Å². The molecule has 0 unspecified atom stereocenters. The first-order valence-corrected chi connectivity index (χ1v) is 9.95. The molecule has 5 heteroatoms. The number of carbonyl (C=O) groups excluding carboxylic acids is 1. The van der Waals surface area contributed by atoms with E-state index in [1.54, 1.807) is 11.3 Å². The Bertz CT molecular complexity index is 847. The number of thiazole rings is 1. The molecule has 1 heterocycles. The molecule has 0 radical (unpaired) electrons. The molecule has 1 aromatic heterocycles. The van der Waals surface area contributed by atoms with Crippen LogP contribution in [0.3, 0.4) is 0 Å². The number of rotatable bonds is 8. The molecule has 3 rings (SSSR count). The van der Waals surface area contributed by atoms with Crippen LogP contribution in [0.1, 0.15) is 34.9 Å². The van der Waals surface area contributed by atoms with Gasteiger partial charge in [-0.15, -0.1) is 11.3 Å². The SMILES string of the molecule is CC(C)CN(Cc1csc(COc2ccccc2)n1)C(=O)c1ccccc1. The van der Waals surface area contributed by atoms with Crippen molar-refractivity contribution in [3.63, 3.8) is 0 Å². The molecule has 0 atom stereocenters. The van der Waals surface area contributed by atoms with Crippen molar-refractivity contribution >= 4 is 17.2 Å². The van der Waals surface area contributed by atoms with Crippen LogP contribution < -0.4 is 4.74 Å². The van der Waals surface area contributed by atoms with Crippen LogP contribution in [0.15, 0.2) is 66.0 Å².